The zero-order valence-electron chi connectivity index (χ0n) is 9.69. The summed E-state index contributed by atoms with van der Waals surface area (Å²) < 4.78 is 18.2. The van der Waals surface area contributed by atoms with Gasteiger partial charge in [0.25, 0.3) is 0 Å². The lowest BCUT2D eigenvalue weighted by Gasteiger charge is -2.09. The third kappa shape index (κ3) is 3.39. The Morgan fingerprint density at radius 1 is 1.41 bits per heavy atom. The number of aryl methyl sites for hydroxylation is 1. The minimum atomic E-state index is -0.235. The van der Waals surface area contributed by atoms with E-state index in [0.29, 0.717) is 18.7 Å². The third-order valence-electron chi connectivity index (χ3n) is 2.49. The van der Waals surface area contributed by atoms with Crippen LogP contribution >= 0.6 is 0 Å². The fraction of sp³-hybridized carbons (Fsp3) is 0.308. The molecule has 0 spiro atoms. The van der Waals surface area contributed by atoms with E-state index in [2.05, 4.69) is 4.98 Å². The zero-order valence-corrected chi connectivity index (χ0v) is 9.69. The monoisotopic (exact) mass is 234 g/mol. The van der Waals surface area contributed by atoms with Gasteiger partial charge in [-0.1, -0.05) is 12.1 Å². The molecule has 0 saturated carbocycles. The Kier molecular flexibility index (Phi) is 3.54. The lowest BCUT2D eigenvalue weighted by molar-refractivity contribution is 0.468. The highest BCUT2D eigenvalue weighted by Crippen LogP contribution is 2.09. The second-order valence-corrected chi connectivity index (χ2v) is 4.18. The van der Waals surface area contributed by atoms with Crippen molar-refractivity contribution in [1.29, 1.82) is 0 Å². The molecule has 0 radical (unpaired) electrons. The second kappa shape index (κ2) is 5.10. The van der Waals surface area contributed by atoms with E-state index in [9.17, 15) is 4.39 Å². The van der Waals surface area contributed by atoms with Crippen molar-refractivity contribution in [3.63, 3.8) is 0 Å². The van der Waals surface area contributed by atoms with Gasteiger partial charge in [-0.2, -0.15) is 0 Å². The molecule has 0 fully saturated rings. The lowest BCUT2D eigenvalue weighted by Crippen LogP contribution is -2.25. The quantitative estimate of drug-likeness (QED) is 0.882. The van der Waals surface area contributed by atoms with Gasteiger partial charge in [0.1, 0.15) is 12.1 Å². The number of nitrogens with zero attached hydrogens (tertiary/aromatic N) is 1. The van der Waals surface area contributed by atoms with Gasteiger partial charge in [0.2, 0.25) is 0 Å². The van der Waals surface area contributed by atoms with Gasteiger partial charge in [0.15, 0.2) is 5.89 Å². The Bertz CT molecular complexity index is 496. The molecule has 0 aliphatic rings. The van der Waals surface area contributed by atoms with Crippen molar-refractivity contribution in [1.82, 2.24) is 4.98 Å². The largest absolute Gasteiger partial charge is 0.449 e. The van der Waals surface area contributed by atoms with Gasteiger partial charge in [-0.15, -0.1) is 0 Å². The first-order valence-corrected chi connectivity index (χ1v) is 5.54. The van der Waals surface area contributed by atoms with E-state index in [1.54, 1.807) is 12.3 Å². The van der Waals surface area contributed by atoms with E-state index in [0.717, 1.165) is 11.3 Å². The molecule has 0 bridgehead atoms. The summed E-state index contributed by atoms with van der Waals surface area (Å²) in [5, 5.41) is 0. The van der Waals surface area contributed by atoms with Gasteiger partial charge in [-0.25, -0.2) is 9.37 Å². The van der Waals surface area contributed by atoms with E-state index in [-0.39, 0.29) is 11.9 Å². The molecule has 90 valence electrons. The van der Waals surface area contributed by atoms with Gasteiger partial charge in [0.05, 0.1) is 5.69 Å². The fourth-order valence-corrected chi connectivity index (χ4v) is 1.76. The van der Waals surface area contributed by atoms with Crippen molar-refractivity contribution >= 4 is 0 Å². The van der Waals surface area contributed by atoms with Gasteiger partial charge >= 0.3 is 0 Å². The smallest absolute Gasteiger partial charge is 0.195 e. The number of aromatic nitrogens is 1. The third-order valence-corrected chi connectivity index (χ3v) is 2.49. The Balaban J connectivity index is 1.95. The molecule has 4 heteroatoms. The summed E-state index contributed by atoms with van der Waals surface area (Å²) in [6.07, 6.45) is 2.77. The van der Waals surface area contributed by atoms with Crippen molar-refractivity contribution in [3.05, 3.63) is 53.5 Å². The second-order valence-electron chi connectivity index (χ2n) is 4.18. The first-order chi connectivity index (χ1) is 8.13. The molecule has 1 heterocycles. The molecule has 1 aromatic carbocycles. The van der Waals surface area contributed by atoms with Crippen LogP contribution in [0.15, 0.2) is 34.9 Å². The molecule has 1 aromatic heterocycles. The molecule has 1 unspecified atom stereocenters. The van der Waals surface area contributed by atoms with Crippen LogP contribution in [0.5, 0.6) is 0 Å². The minimum absolute atomic E-state index is 0.116. The molecule has 0 aliphatic heterocycles. The minimum Gasteiger partial charge on any atom is -0.449 e. The molecule has 0 amide bonds. The average Bonchev–Trinajstić information content (AvgIpc) is 2.63. The summed E-state index contributed by atoms with van der Waals surface area (Å²) >= 11 is 0. The standard InChI is InChI=1S/C13H15FN2O/c1-9-8-17-13(16-9)7-12(15)6-10-3-2-4-11(14)5-10/h2-5,8,12H,6-7,15H2,1H3. The molecular formula is C13H15FN2O. The number of oxazole rings is 1. The van der Waals surface area contributed by atoms with E-state index in [4.69, 9.17) is 10.2 Å². The number of halogens is 1. The number of nitrogens with two attached hydrogens (primary N) is 1. The summed E-state index contributed by atoms with van der Waals surface area (Å²) in [6.45, 7) is 1.87. The van der Waals surface area contributed by atoms with Crippen molar-refractivity contribution in [3.8, 4) is 0 Å². The first-order valence-electron chi connectivity index (χ1n) is 5.54. The molecule has 0 aliphatic carbocycles. The molecule has 2 rings (SSSR count). The summed E-state index contributed by atoms with van der Waals surface area (Å²) in [5.41, 5.74) is 7.71. The highest BCUT2D eigenvalue weighted by molar-refractivity contribution is 5.17. The van der Waals surface area contributed by atoms with Gasteiger partial charge < -0.3 is 10.2 Å². The molecule has 17 heavy (non-hydrogen) atoms. The summed E-state index contributed by atoms with van der Waals surface area (Å²) in [7, 11) is 0. The predicted octanol–water partition coefficient (Wildman–Crippen LogP) is 2.23. The molecular weight excluding hydrogens is 219 g/mol. The zero-order chi connectivity index (χ0) is 12.3. The van der Waals surface area contributed by atoms with Gasteiger partial charge in [-0.3, -0.25) is 0 Å². The van der Waals surface area contributed by atoms with Crippen LogP contribution in [-0.4, -0.2) is 11.0 Å². The first kappa shape index (κ1) is 11.8. The topological polar surface area (TPSA) is 52.0 Å². The lowest BCUT2D eigenvalue weighted by atomic mass is 10.0. The highest BCUT2D eigenvalue weighted by Gasteiger charge is 2.09. The number of benzene rings is 1. The summed E-state index contributed by atoms with van der Waals surface area (Å²) in [6, 6.07) is 6.36. The van der Waals surface area contributed by atoms with Crippen molar-refractivity contribution < 1.29 is 8.81 Å². The van der Waals surface area contributed by atoms with E-state index in [1.165, 1.54) is 12.1 Å². The van der Waals surface area contributed by atoms with E-state index >= 15 is 0 Å². The van der Waals surface area contributed by atoms with Crippen molar-refractivity contribution in [2.75, 3.05) is 0 Å². The fourth-order valence-electron chi connectivity index (χ4n) is 1.76. The normalized spacial score (nSPS) is 12.6. The van der Waals surface area contributed by atoms with Gasteiger partial charge in [-0.05, 0) is 31.0 Å². The van der Waals surface area contributed by atoms with Crippen LogP contribution in [-0.2, 0) is 12.8 Å². The van der Waals surface area contributed by atoms with E-state index in [1.807, 2.05) is 13.0 Å². The Morgan fingerprint density at radius 3 is 2.88 bits per heavy atom. The van der Waals surface area contributed by atoms with Crippen LogP contribution in [0.25, 0.3) is 0 Å². The molecule has 2 aromatic rings. The van der Waals surface area contributed by atoms with Crippen molar-refractivity contribution in [2.45, 2.75) is 25.8 Å². The van der Waals surface area contributed by atoms with Crippen LogP contribution in [0.1, 0.15) is 17.1 Å². The number of rotatable bonds is 4. The van der Waals surface area contributed by atoms with E-state index < -0.39 is 0 Å². The maximum absolute atomic E-state index is 13.0. The SMILES string of the molecule is Cc1coc(CC(N)Cc2cccc(F)c2)n1. The maximum atomic E-state index is 13.0. The Hall–Kier alpha value is -1.68. The van der Waals surface area contributed by atoms with Crippen LogP contribution in [0, 0.1) is 12.7 Å². The maximum Gasteiger partial charge on any atom is 0.195 e. The van der Waals surface area contributed by atoms with Crippen molar-refractivity contribution in [2.24, 2.45) is 5.73 Å². The molecule has 0 saturated heterocycles. The summed E-state index contributed by atoms with van der Waals surface area (Å²) in [5.74, 6) is 0.396. The average molecular weight is 234 g/mol. The summed E-state index contributed by atoms with van der Waals surface area (Å²) in [4.78, 5) is 4.19. The number of hydrogen-bond donors (Lipinski definition) is 1. The van der Waals surface area contributed by atoms with Gasteiger partial charge in [0, 0.05) is 12.5 Å². The highest BCUT2D eigenvalue weighted by atomic mass is 19.1. The van der Waals surface area contributed by atoms with Crippen LogP contribution in [0.2, 0.25) is 0 Å². The van der Waals surface area contributed by atoms with Crippen LogP contribution in [0.3, 0.4) is 0 Å². The molecule has 2 N–H and O–H groups in total. The Morgan fingerprint density at radius 2 is 2.24 bits per heavy atom. The number of hydrogen-bond acceptors (Lipinski definition) is 3. The Labute approximate surface area is 99.5 Å². The van der Waals surface area contributed by atoms with Crippen LogP contribution in [0.4, 0.5) is 4.39 Å². The molecule has 1 atom stereocenters. The predicted molar refractivity (Wildman–Crippen MR) is 63.0 cm³/mol. The molecule has 3 nitrogen and oxygen atoms in total. The van der Waals surface area contributed by atoms with Crippen LogP contribution < -0.4 is 5.73 Å².